The number of nitrogens with one attached hydrogen (secondary N) is 2. The molecule has 2 aliphatic heterocycles. The Bertz CT molecular complexity index is 327. The van der Waals surface area contributed by atoms with Gasteiger partial charge in [0.25, 0.3) is 0 Å². The molecule has 3 atom stereocenters. The maximum atomic E-state index is 11.4. The monoisotopic (exact) mass is 336 g/mol. The van der Waals surface area contributed by atoms with Gasteiger partial charge in [0.15, 0.2) is 0 Å². The van der Waals surface area contributed by atoms with Crippen LogP contribution in [-0.4, -0.2) is 48.8 Å². The number of rotatable bonds is 7. The predicted octanol–water partition coefficient (Wildman–Crippen LogP) is 1.38. The molecule has 2 heterocycles. The number of carbonyl (C=O) groups excluding carboxylic acids is 2. The predicted molar refractivity (Wildman–Crippen MR) is 75.2 cm³/mol. The SMILES string of the molecule is CC[Se]C(=O)CCCC[C@@H]1SC[C@@H]2NC(=O)N[C@@H]21. The van der Waals surface area contributed by atoms with Crippen molar-refractivity contribution in [3.63, 3.8) is 0 Å². The van der Waals surface area contributed by atoms with Crippen LogP contribution in [0.3, 0.4) is 0 Å². The summed E-state index contributed by atoms with van der Waals surface area (Å²) in [4.78, 5) is 22.6. The van der Waals surface area contributed by atoms with Crippen LogP contribution in [0.25, 0.3) is 0 Å². The van der Waals surface area contributed by atoms with E-state index in [1.807, 2.05) is 11.8 Å². The van der Waals surface area contributed by atoms with Crippen LogP contribution in [0.4, 0.5) is 4.79 Å². The average Bonchev–Trinajstić information content (AvgIpc) is 2.85. The van der Waals surface area contributed by atoms with E-state index in [1.54, 1.807) is 0 Å². The first-order valence-electron chi connectivity index (χ1n) is 6.55. The summed E-state index contributed by atoms with van der Waals surface area (Å²) in [5.41, 5.74) is 0. The van der Waals surface area contributed by atoms with E-state index in [0.29, 0.717) is 22.0 Å². The summed E-state index contributed by atoms with van der Waals surface area (Å²) in [6.07, 6.45) is 3.98. The van der Waals surface area contributed by atoms with Crippen molar-refractivity contribution in [3.8, 4) is 0 Å². The zero-order valence-electron chi connectivity index (χ0n) is 10.6. The van der Waals surface area contributed by atoms with Crippen molar-refractivity contribution in [2.45, 2.75) is 55.3 Å². The molecule has 0 bridgehead atoms. The van der Waals surface area contributed by atoms with Gasteiger partial charge in [-0.05, 0) is 0 Å². The molecule has 102 valence electrons. The van der Waals surface area contributed by atoms with E-state index in [9.17, 15) is 9.59 Å². The normalized spacial score (nSPS) is 29.8. The Hall–Kier alpha value is -0.191. The number of hydrogen-bond acceptors (Lipinski definition) is 3. The zero-order chi connectivity index (χ0) is 13.0. The molecule has 0 aromatic carbocycles. The molecule has 0 aliphatic carbocycles. The fraction of sp³-hybridized carbons (Fsp3) is 0.833. The molecule has 0 radical (unpaired) electrons. The Balaban J connectivity index is 1.62. The molecule has 6 heteroatoms. The van der Waals surface area contributed by atoms with Gasteiger partial charge in [-0.15, -0.1) is 0 Å². The van der Waals surface area contributed by atoms with E-state index in [-0.39, 0.29) is 21.0 Å². The van der Waals surface area contributed by atoms with E-state index >= 15 is 0 Å². The Morgan fingerprint density at radius 2 is 2.28 bits per heavy atom. The van der Waals surface area contributed by atoms with Crippen LogP contribution in [0.15, 0.2) is 0 Å². The molecule has 2 rings (SSSR count). The van der Waals surface area contributed by atoms with E-state index in [0.717, 1.165) is 36.8 Å². The summed E-state index contributed by atoms with van der Waals surface area (Å²) in [6.45, 7) is 2.07. The first kappa shape index (κ1) is 14.2. The average molecular weight is 335 g/mol. The van der Waals surface area contributed by atoms with Crippen LogP contribution in [0.1, 0.15) is 32.6 Å². The third-order valence-corrected chi connectivity index (χ3v) is 6.58. The van der Waals surface area contributed by atoms with Gasteiger partial charge < -0.3 is 0 Å². The molecule has 2 aliphatic rings. The van der Waals surface area contributed by atoms with Gasteiger partial charge in [-0.25, -0.2) is 0 Å². The summed E-state index contributed by atoms with van der Waals surface area (Å²) in [5.74, 6) is 1.02. The van der Waals surface area contributed by atoms with Crippen molar-refractivity contribution >= 4 is 37.4 Å². The molecule has 2 saturated heterocycles. The molecule has 2 N–H and O–H groups in total. The van der Waals surface area contributed by atoms with Crippen molar-refractivity contribution in [3.05, 3.63) is 0 Å². The fourth-order valence-electron chi connectivity index (χ4n) is 2.49. The summed E-state index contributed by atoms with van der Waals surface area (Å²) in [6, 6.07) is 0.603. The summed E-state index contributed by atoms with van der Waals surface area (Å²) >= 11 is 2.15. The number of fused-ring (bicyclic) bond motifs is 1. The van der Waals surface area contributed by atoms with Gasteiger partial charge in [0.2, 0.25) is 0 Å². The van der Waals surface area contributed by atoms with Gasteiger partial charge >= 0.3 is 119 Å². The van der Waals surface area contributed by atoms with Gasteiger partial charge in [0.05, 0.1) is 0 Å². The quantitative estimate of drug-likeness (QED) is 0.420. The molecule has 2 fully saturated rings. The number of hydrogen-bond donors (Lipinski definition) is 2. The van der Waals surface area contributed by atoms with Gasteiger partial charge in [-0.3, -0.25) is 0 Å². The van der Waals surface area contributed by atoms with Crippen LogP contribution >= 0.6 is 11.8 Å². The van der Waals surface area contributed by atoms with E-state index in [2.05, 4.69) is 17.6 Å². The number of carbonyl (C=O) groups is 2. The van der Waals surface area contributed by atoms with Crippen molar-refractivity contribution < 1.29 is 9.59 Å². The van der Waals surface area contributed by atoms with Crippen molar-refractivity contribution in [1.29, 1.82) is 0 Å². The number of thioether (sulfide) groups is 1. The second-order valence-electron chi connectivity index (χ2n) is 4.67. The van der Waals surface area contributed by atoms with Crippen LogP contribution in [0.2, 0.25) is 5.32 Å². The molecule has 0 spiro atoms. The van der Waals surface area contributed by atoms with E-state index < -0.39 is 0 Å². The number of unbranched alkanes of at least 4 members (excludes halogenated alkanes) is 1. The van der Waals surface area contributed by atoms with Crippen molar-refractivity contribution in [1.82, 2.24) is 10.6 Å². The van der Waals surface area contributed by atoms with E-state index in [1.165, 1.54) is 0 Å². The first-order valence-corrected chi connectivity index (χ1v) is 9.66. The Morgan fingerprint density at radius 3 is 3.06 bits per heavy atom. The van der Waals surface area contributed by atoms with Crippen LogP contribution in [-0.2, 0) is 4.79 Å². The number of urea groups is 1. The molecule has 0 aromatic heterocycles. The summed E-state index contributed by atoms with van der Waals surface area (Å²) in [5, 5.41) is 7.50. The second kappa shape index (κ2) is 6.83. The third-order valence-electron chi connectivity index (χ3n) is 3.36. The third kappa shape index (κ3) is 3.65. The molecular formula is C12H20N2O2SSe. The maximum absolute atomic E-state index is 11.4. The standard InChI is InChI=1S/C12H20N2O2SSe/c1-2-18-10(15)6-4-3-5-9-11-8(7-17-9)13-12(16)14-11/h8-9,11H,2-7H2,1H3,(H2,13,14,16)/t8-,9-,11-/m0/s1. The molecule has 0 saturated carbocycles. The van der Waals surface area contributed by atoms with Crippen molar-refractivity contribution in [2.75, 3.05) is 5.75 Å². The topological polar surface area (TPSA) is 58.2 Å². The minimum atomic E-state index is -0.0175. The van der Waals surface area contributed by atoms with Gasteiger partial charge in [-0.1, -0.05) is 0 Å². The van der Waals surface area contributed by atoms with Gasteiger partial charge in [0.1, 0.15) is 0 Å². The molecule has 0 unspecified atom stereocenters. The molecule has 2 amide bonds. The van der Waals surface area contributed by atoms with Crippen LogP contribution in [0.5, 0.6) is 0 Å². The summed E-state index contributed by atoms with van der Waals surface area (Å²) in [7, 11) is 0. The van der Waals surface area contributed by atoms with Crippen LogP contribution < -0.4 is 10.6 Å². The number of amides is 2. The van der Waals surface area contributed by atoms with E-state index in [4.69, 9.17) is 0 Å². The molecule has 18 heavy (non-hydrogen) atoms. The minimum absolute atomic E-state index is 0.0175. The zero-order valence-corrected chi connectivity index (χ0v) is 13.1. The van der Waals surface area contributed by atoms with Gasteiger partial charge in [-0.2, -0.15) is 0 Å². The molecule has 4 nitrogen and oxygen atoms in total. The first-order chi connectivity index (χ1) is 8.70. The van der Waals surface area contributed by atoms with Gasteiger partial charge in [0, 0.05) is 0 Å². The Labute approximate surface area is 119 Å². The Morgan fingerprint density at radius 1 is 1.44 bits per heavy atom. The molecular weight excluding hydrogens is 315 g/mol. The fourth-order valence-corrected chi connectivity index (χ4v) is 5.32. The van der Waals surface area contributed by atoms with Crippen molar-refractivity contribution in [2.24, 2.45) is 0 Å². The second-order valence-corrected chi connectivity index (χ2v) is 8.72. The Kier molecular flexibility index (Phi) is 5.39. The summed E-state index contributed by atoms with van der Waals surface area (Å²) < 4.78 is 0.456. The molecule has 0 aromatic rings. The van der Waals surface area contributed by atoms with Crippen LogP contribution in [0, 0.1) is 0 Å².